The molecule has 1 aliphatic heterocycles. The molecule has 1 aliphatic carbocycles. The maximum Gasteiger partial charge on any atom is 0.269 e. The van der Waals surface area contributed by atoms with Gasteiger partial charge in [0.2, 0.25) is 11.8 Å². The maximum atomic E-state index is 14.1. The minimum atomic E-state index is -4.10. The molecule has 8 nitrogen and oxygen atoms in total. The number of nitrogens with zero attached hydrogens (tertiary/aromatic N) is 2. The molecule has 0 spiro atoms. The fourth-order valence-electron chi connectivity index (χ4n) is 5.75. The number of halogens is 2. The fourth-order valence-corrected chi connectivity index (χ4v) is 7.83. The van der Waals surface area contributed by atoms with Gasteiger partial charge in [-0.15, -0.1) is 0 Å². The standard InChI is InChI=1S/C32H33Cl2N3O5S/c33-26-15-9-16-27(34)25(26)21-36(30(38)18-19-37-32(40)24-14-7-8-17-29(24)43(37,41)42)28(20-22-10-3-1-4-11-22)31(39)35-23-12-5-2-6-13-23/h1,3-4,7-11,14-17,23,28H,2,5-6,12-13,18-21H2,(H,35,39). The topological polar surface area (TPSA) is 104 Å². The van der Waals surface area contributed by atoms with E-state index in [2.05, 4.69) is 5.32 Å². The summed E-state index contributed by atoms with van der Waals surface area (Å²) in [7, 11) is -4.10. The van der Waals surface area contributed by atoms with Crippen LogP contribution in [0.4, 0.5) is 0 Å². The number of nitrogens with one attached hydrogen (secondary N) is 1. The molecule has 11 heteroatoms. The van der Waals surface area contributed by atoms with Gasteiger partial charge in [-0.25, -0.2) is 12.7 Å². The summed E-state index contributed by atoms with van der Waals surface area (Å²) in [6.45, 7) is -0.447. The SMILES string of the molecule is O=C(NC1CCCCC1)C(Cc1ccccc1)N(Cc1c(Cl)cccc1Cl)C(=O)CCN1C(=O)c2ccccc2S1(=O)=O. The molecule has 1 heterocycles. The Morgan fingerprint density at radius 1 is 0.907 bits per heavy atom. The first-order chi connectivity index (χ1) is 20.7. The molecule has 0 aromatic heterocycles. The molecular weight excluding hydrogens is 609 g/mol. The third-order valence-corrected chi connectivity index (χ3v) is 10.6. The summed E-state index contributed by atoms with van der Waals surface area (Å²) < 4.78 is 27.0. The lowest BCUT2D eigenvalue weighted by atomic mass is 9.94. The van der Waals surface area contributed by atoms with Gasteiger partial charge in [0, 0.05) is 47.6 Å². The van der Waals surface area contributed by atoms with Gasteiger partial charge in [0.15, 0.2) is 0 Å². The number of hydrogen-bond donors (Lipinski definition) is 1. The summed E-state index contributed by atoms with van der Waals surface area (Å²) in [5.41, 5.74) is 1.39. The first-order valence-electron chi connectivity index (χ1n) is 14.4. The summed E-state index contributed by atoms with van der Waals surface area (Å²) in [5.74, 6) is -1.49. The van der Waals surface area contributed by atoms with E-state index in [0.717, 1.165) is 42.0 Å². The Hall–Kier alpha value is -3.40. The third-order valence-electron chi connectivity index (χ3n) is 8.05. The van der Waals surface area contributed by atoms with Crippen molar-refractivity contribution in [1.82, 2.24) is 14.5 Å². The summed E-state index contributed by atoms with van der Waals surface area (Å²) in [6, 6.07) is 19.4. The van der Waals surface area contributed by atoms with Crippen LogP contribution in [-0.2, 0) is 32.6 Å². The average molecular weight is 643 g/mol. The number of fused-ring (bicyclic) bond motifs is 1. The monoisotopic (exact) mass is 641 g/mol. The molecule has 5 rings (SSSR count). The van der Waals surface area contributed by atoms with Crippen molar-refractivity contribution < 1.29 is 22.8 Å². The van der Waals surface area contributed by atoms with E-state index in [-0.39, 0.29) is 48.3 Å². The number of hydrogen-bond acceptors (Lipinski definition) is 5. The Balaban J connectivity index is 1.46. The van der Waals surface area contributed by atoms with Gasteiger partial charge in [-0.2, -0.15) is 0 Å². The Labute approximate surface area is 262 Å². The van der Waals surface area contributed by atoms with Crippen molar-refractivity contribution in [2.45, 2.75) is 68.5 Å². The maximum absolute atomic E-state index is 14.1. The molecule has 1 fully saturated rings. The molecule has 3 amide bonds. The number of sulfonamides is 1. The van der Waals surface area contributed by atoms with Crippen LogP contribution in [0.1, 0.15) is 60.0 Å². The van der Waals surface area contributed by atoms with E-state index in [4.69, 9.17) is 23.2 Å². The Kier molecular flexibility index (Phi) is 9.74. The van der Waals surface area contributed by atoms with E-state index in [1.807, 2.05) is 30.3 Å². The van der Waals surface area contributed by atoms with Crippen LogP contribution in [0.5, 0.6) is 0 Å². The van der Waals surface area contributed by atoms with Crippen molar-refractivity contribution >= 4 is 50.9 Å². The molecular formula is C32H33Cl2N3O5S. The number of carbonyl (C=O) groups excluding carboxylic acids is 3. The highest BCUT2D eigenvalue weighted by Crippen LogP contribution is 2.31. The van der Waals surface area contributed by atoms with Crippen LogP contribution < -0.4 is 5.32 Å². The first kappa shape index (κ1) is 31.0. The lowest BCUT2D eigenvalue weighted by molar-refractivity contribution is -0.141. The van der Waals surface area contributed by atoms with Gasteiger partial charge in [-0.1, -0.05) is 91.0 Å². The smallest absolute Gasteiger partial charge is 0.269 e. The third kappa shape index (κ3) is 6.89. The first-order valence-corrected chi connectivity index (χ1v) is 16.6. The largest absolute Gasteiger partial charge is 0.352 e. The summed E-state index contributed by atoms with van der Waals surface area (Å²) in [6.07, 6.45) is 4.78. The highest BCUT2D eigenvalue weighted by molar-refractivity contribution is 7.90. The normalized spacial score (nSPS) is 16.9. The van der Waals surface area contributed by atoms with Crippen LogP contribution >= 0.6 is 23.2 Å². The van der Waals surface area contributed by atoms with E-state index < -0.39 is 27.9 Å². The molecule has 2 aliphatic rings. The molecule has 0 saturated heterocycles. The number of benzene rings is 3. The minimum Gasteiger partial charge on any atom is -0.352 e. The Morgan fingerprint density at radius 3 is 2.23 bits per heavy atom. The second-order valence-electron chi connectivity index (χ2n) is 10.9. The van der Waals surface area contributed by atoms with Gasteiger partial charge in [-0.3, -0.25) is 14.4 Å². The average Bonchev–Trinajstić information content (AvgIpc) is 3.20. The van der Waals surface area contributed by atoms with Crippen molar-refractivity contribution in [3.05, 3.63) is 99.5 Å². The van der Waals surface area contributed by atoms with Crippen molar-refractivity contribution in [2.24, 2.45) is 0 Å². The lowest BCUT2D eigenvalue weighted by Gasteiger charge is -2.34. The van der Waals surface area contributed by atoms with Crippen molar-refractivity contribution in [2.75, 3.05) is 6.54 Å². The molecule has 1 saturated carbocycles. The van der Waals surface area contributed by atoms with Gasteiger partial charge in [0.05, 0.1) is 5.56 Å². The van der Waals surface area contributed by atoms with Crippen LogP contribution in [0.15, 0.2) is 77.7 Å². The van der Waals surface area contributed by atoms with Gasteiger partial charge < -0.3 is 10.2 Å². The van der Waals surface area contributed by atoms with Gasteiger partial charge in [0.1, 0.15) is 10.9 Å². The van der Waals surface area contributed by atoms with Crippen molar-refractivity contribution in [1.29, 1.82) is 0 Å². The van der Waals surface area contributed by atoms with E-state index >= 15 is 0 Å². The molecule has 1 unspecified atom stereocenters. The van der Waals surface area contributed by atoms with Crippen LogP contribution in [0.2, 0.25) is 10.0 Å². The molecule has 0 bridgehead atoms. The quantitative estimate of drug-likeness (QED) is 0.310. The van der Waals surface area contributed by atoms with E-state index in [9.17, 15) is 22.8 Å². The van der Waals surface area contributed by atoms with Gasteiger partial charge in [0.25, 0.3) is 15.9 Å². The zero-order chi connectivity index (χ0) is 30.6. The highest BCUT2D eigenvalue weighted by Gasteiger charge is 2.41. The predicted octanol–water partition coefficient (Wildman–Crippen LogP) is 5.62. The van der Waals surface area contributed by atoms with E-state index in [1.54, 1.807) is 30.3 Å². The zero-order valence-electron chi connectivity index (χ0n) is 23.5. The Bertz CT molecular complexity index is 1590. The minimum absolute atomic E-state index is 0.00578. The van der Waals surface area contributed by atoms with Crippen molar-refractivity contribution in [3.8, 4) is 0 Å². The van der Waals surface area contributed by atoms with Crippen LogP contribution in [0, 0.1) is 0 Å². The molecule has 3 aromatic rings. The fraction of sp³-hybridized carbons (Fsp3) is 0.344. The summed E-state index contributed by atoms with van der Waals surface area (Å²) >= 11 is 13.0. The van der Waals surface area contributed by atoms with Gasteiger partial charge >= 0.3 is 0 Å². The molecule has 43 heavy (non-hydrogen) atoms. The van der Waals surface area contributed by atoms with E-state index in [1.165, 1.54) is 17.0 Å². The lowest BCUT2D eigenvalue weighted by Crippen LogP contribution is -2.53. The second-order valence-corrected chi connectivity index (χ2v) is 13.5. The van der Waals surface area contributed by atoms with Gasteiger partial charge in [-0.05, 0) is 42.7 Å². The predicted molar refractivity (Wildman–Crippen MR) is 165 cm³/mol. The van der Waals surface area contributed by atoms with Crippen LogP contribution in [-0.4, -0.2) is 54.0 Å². The summed E-state index contributed by atoms with van der Waals surface area (Å²) in [4.78, 5) is 42.4. The second kappa shape index (κ2) is 13.5. The van der Waals surface area contributed by atoms with E-state index in [0.29, 0.717) is 15.6 Å². The van der Waals surface area contributed by atoms with Crippen LogP contribution in [0.3, 0.4) is 0 Å². The zero-order valence-corrected chi connectivity index (χ0v) is 25.9. The Morgan fingerprint density at radius 2 is 1.56 bits per heavy atom. The van der Waals surface area contributed by atoms with Crippen LogP contribution in [0.25, 0.3) is 0 Å². The molecule has 1 atom stereocenters. The number of rotatable bonds is 10. The highest BCUT2D eigenvalue weighted by atomic mass is 35.5. The molecule has 226 valence electrons. The number of amides is 3. The summed E-state index contributed by atoms with van der Waals surface area (Å²) in [5, 5.41) is 3.83. The molecule has 1 N–H and O–H groups in total. The molecule has 3 aromatic carbocycles. The number of carbonyl (C=O) groups is 3. The van der Waals surface area contributed by atoms with Crippen molar-refractivity contribution in [3.63, 3.8) is 0 Å². The molecule has 0 radical (unpaired) electrons.